The van der Waals surface area contributed by atoms with Crippen molar-refractivity contribution in [1.82, 2.24) is 20.2 Å². The van der Waals surface area contributed by atoms with Crippen molar-refractivity contribution in [3.8, 4) is 0 Å². The van der Waals surface area contributed by atoms with Crippen LogP contribution in [0.25, 0.3) is 10.9 Å². The van der Waals surface area contributed by atoms with Gasteiger partial charge in [-0.2, -0.15) is 0 Å². The van der Waals surface area contributed by atoms with Crippen molar-refractivity contribution in [2.75, 3.05) is 13.7 Å². The molecule has 0 spiro atoms. The number of nitrogens with one attached hydrogen (secondary N) is 2. The molecular formula is C26H34N4O4S. The number of benzene rings is 1. The van der Waals surface area contributed by atoms with Gasteiger partial charge in [-0.15, -0.1) is 0 Å². The summed E-state index contributed by atoms with van der Waals surface area (Å²) in [6.07, 6.45) is 7.61. The number of aromatic nitrogens is 2. The van der Waals surface area contributed by atoms with E-state index in [0.717, 1.165) is 19.3 Å². The van der Waals surface area contributed by atoms with Crippen LogP contribution in [0.1, 0.15) is 51.9 Å². The van der Waals surface area contributed by atoms with Gasteiger partial charge >= 0.3 is 6.03 Å². The van der Waals surface area contributed by atoms with Crippen LogP contribution < -0.4 is 16.2 Å². The smallest absolute Gasteiger partial charge is 0.321 e. The van der Waals surface area contributed by atoms with Crippen LogP contribution in [0, 0.1) is 17.8 Å². The van der Waals surface area contributed by atoms with E-state index < -0.39 is 11.3 Å². The summed E-state index contributed by atoms with van der Waals surface area (Å²) in [5, 5.41) is 6.15. The van der Waals surface area contributed by atoms with Crippen LogP contribution in [-0.2, 0) is 16.1 Å². The van der Waals surface area contributed by atoms with Gasteiger partial charge in [-0.25, -0.2) is 9.78 Å². The van der Waals surface area contributed by atoms with E-state index in [1.54, 1.807) is 30.7 Å². The average Bonchev–Trinajstić information content (AvgIpc) is 2.79. The maximum Gasteiger partial charge on any atom is 0.321 e. The zero-order chi connectivity index (χ0) is 24.6. The monoisotopic (exact) mass is 498 g/mol. The second-order valence-electron chi connectivity index (χ2n) is 10.6. The molecule has 2 N–H and O–H groups in total. The molecule has 9 heteroatoms. The number of carbonyl (C=O) groups is 2. The number of rotatable bonds is 8. The first-order valence-electron chi connectivity index (χ1n) is 12.6. The zero-order valence-corrected chi connectivity index (χ0v) is 21.2. The Bertz CT molecular complexity index is 1140. The number of carbonyl (C=O) groups excluding carboxylic acids is 2. The summed E-state index contributed by atoms with van der Waals surface area (Å²) in [5.41, 5.74) is 0.300. The Kier molecular flexibility index (Phi) is 6.90. The van der Waals surface area contributed by atoms with E-state index in [9.17, 15) is 14.4 Å². The van der Waals surface area contributed by atoms with Gasteiger partial charge in [0.2, 0.25) is 5.91 Å². The van der Waals surface area contributed by atoms with Crippen molar-refractivity contribution >= 4 is 34.6 Å². The molecule has 8 nitrogen and oxygen atoms in total. The summed E-state index contributed by atoms with van der Waals surface area (Å²) in [7, 11) is 1.62. The first-order valence-corrected chi connectivity index (χ1v) is 13.5. The Morgan fingerprint density at radius 1 is 1.17 bits per heavy atom. The molecule has 4 bridgehead atoms. The van der Waals surface area contributed by atoms with Crippen molar-refractivity contribution in [2.45, 2.75) is 74.4 Å². The molecule has 1 heterocycles. The number of imide groups is 1. The molecular weight excluding hydrogens is 464 g/mol. The predicted molar refractivity (Wildman–Crippen MR) is 135 cm³/mol. The van der Waals surface area contributed by atoms with E-state index in [-0.39, 0.29) is 17.0 Å². The fraction of sp³-hybridized carbons (Fsp3) is 0.615. The molecule has 4 saturated carbocycles. The van der Waals surface area contributed by atoms with E-state index in [1.807, 2.05) is 12.1 Å². The summed E-state index contributed by atoms with van der Waals surface area (Å²) in [6, 6.07) is 6.80. The molecule has 1 aromatic carbocycles. The second-order valence-corrected chi connectivity index (χ2v) is 11.9. The maximum absolute atomic E-state index is 13.1. The lowest BCUT2D eigenvalue weighted by atomic mass is 9.53. The average molecular weight is 499 g/mol. The minimum Gasteiger partial charge on any atom is -0.385 e. The Hall–Kier alpha value is -2.39. The van der Waals surface area contributed by atoms with Crippen LogP contribution in [0.3, 0.4) is 0 Å². The standard InChI is InChI=1S/C26H34N4O4S/c1-16(22(31)28-24(33)29-26-13-17-10-18(14-26)12-19(11-17)15-26)35-25-27-21-7-4-3-6-20(21)23(32)30(25)8-5-9-34-2/h3-4,6-7,16-19H,5,8-15H2,1-2H3,(H2,28,29,31,33)/t16-,17?,18?,19?,26?/m0/s1. The fourth-order valence-electron chi connectivity index (χ4n) is 6.76. The highest BCUT2D eigenvalue weighted by Gasteiger charge is 2.51. The number of methoxy groups -OCH3 is 1. The highest BCUT2D eigenvalue weighted by molar-refractivity contribution is 8.00. The normalized spacial score (nSPS) is 27.7. The number of hydrogen-bond donors (Lipinski definition) is 2. The van der Waals surface area contributed by atoms with Crippen LogP contribution in [-0.4, -0.2) is 46.0 Å². The number of nitrogens with zero attached hydrogens (tertiary/aromatic N) is 2. The van der Waals surface area contributed by atoms with Crippen molar-refractivity contribution in [3.63, 3.8) is 0 Å². The third-order valence-corrected chi connectivity index (χ3v) is 8.95. The molecule has 4 aliphatic carbocycles. The van der Waals surface area contributed by atoms with Gasteiger partial charge in [0, 0.05) is 25.8 Å². The highest BCUT2D eigenvalue weighted by atomic mass is 32.2. The Labute approximate surface area is 209 Å². The minimum atomic E-state index is -0.598. The van der Waals surface area contributed by atoms with Gasteiger partial charge in [0.25, 0.3) is 5.56 Å². The van der Waals surface area contributed by atoms with Crippen LogP contribution in [0.15, 0.2) is 34.2 Å². The quantitative estimate of drug-likeness (QED) is 0.327. The summed E-state index contributed by atoms with van der Waals surface area (Å²) < 4.78 is 6.74. The van der Waals surface area contributed by atoms with Crippen LogP contribution in [0.2, 0.25) is 0 Å². The third kappa shape index (κ3) is 5.11. The maximum atomic E-state index is 13.1. The fourth-order valence-corrected chi connectivity index (χ4v) is 7.70. The summed E-state index contributed by atoms with van der Waals surface area (Å²) in [5.74, 6) is 1.74. The molecule has 0 aliphatic heterocycles. The molecule has 0 saturated heterocycles. The molecule has 0 radical (unpaired) electrons. The van der Waals surface area contributed by atoms with Gasteiger partial charge in [0.05, 0.1) is 16.2 Å². The molecule has 3 amide bonds. The lowest BCUT2D eigenvalue weighted by Gasteiger charge is -2.56. The Morgan fingerprint density at radius 2 is 1.83 bits per heavy atom. The number of thioether (sulfide) groups is 1. The van der Waals surface area contributed by atoms with Gasteiger partial charge in [0.15, 0.2) is 5.16 Å². The topological polar surface area (TPSA) is 102 Å². The first-order chi connectivity index (χ1) is 16.9. The summed E-state index contributed by atoms with van der Waals surface area (Å²) in [4.78, 5) is 43.6. The van der Waals surface area contributed by atoms with Crippen molar-refractivity contribution in [2.24, 2.45) is 17.8 Å². The second kappa shape index (κ2) is 9.93. The molecule has 2 aromatic rings. The lowest BCUT2D eigenvalue weighted by Crippen LogP contribution is -2.62. The lowest BCUT2D eigenvalue weighted by molar-refractivity contribution is -0.119. The van der Waals surface area contributed by atoms with E-state index in [0.29, 0.717) is 53.4 Å². The number of ether oxygens (including phenoxy) is 1. The molecule has 4 fully saturated rings. The molecule has 4 aliphatic rings. The van der Waals surface area contributed by atoms with E-state index >= 15 is 0 Å². The Balaban J connectivity index is 1.26. The van der Waals surface area contributed by atoms with Gasteiger partial charge in [-0.05, 0) is 81.8 Å². The molecule has 1 atom stereocenters. The molecule has 6 rings (SSSR count). The zero-order valence-electron chi connectivity index (χ0n) is 20.4. The number of urea groups is 1. The van der Waals surface area contributed by atoms with Gasteiger partial charge in [0.1, 0.15) is 0 Å². The number of hydrogen-bond acceptors (Lipinski definition) is 6. The van der Waals surface area contributed by atoms with Crippen molar-refractivity contribution in [1.29, 1.82) is 0 Å². The highest BCUT2D eigenvalue weighted by Crippen LogP contribution is 2.55. The van der Waals surface area contributed by atoms with E-state index in [4.69, 9.17) is 4.74 Å². The van der Waals surface area contributed by atoms with Gasteiger partial charge < -0.3 is 10.1 Å². The Morgan fingerprint density at radius 3 is 2.49 bits per heavy atom. The SMILES string of the molecule is COCCCn1c(S[C@@H](C)C(=O)NC(=O)NC23CC4CC(CC(C4)C2)C3)nc2ccccc2c1=O. The minimum absolute atomic E-state index is 0.138. The molecule has 35 heavy (non-hydrogen) atoms. The van der Waals surface area contributed by atoms with E-state index in [2.05, 4.69) is 15.6 Å². The number of amides is 3. The van der Waals surface area contributed by atoms with Gasteiger partial charge in [-0.3, -0.25) is 19.5 Å². The first kappa shape index (κ1) is 24.3. The molecule has 0 unspecified atom stereocenters. The largest absolute Gasteiger partial charge is 0.385 e. The molecule has 188 valence electrons. The number of para-hydroxylation sites is 1. The van der Waals surface area contributed by atoms with E-state index in [1.165, 1.54) is 31.0 Å². The van der Waals surface area contributed by atoms with Crippen molar-refractivity contribution in [3.05, 3.63) is 34.6 Å². The van der Waals surface area contributed by atoms with Crippen molar-refractivity contribution < 1.29 is 14.3 Å². The molecule has 1 aromatic heterocycles. The van der Waals surface area contributed by atoms with Gasteiger partial charge in [-0.1, -0.05) is 23.9 Å². The van der Waals surface area contributed by atoms with Crippen LogP contribution in [0.4, 0.5) is 4.79 Å². The number of fused-ring (bicyclic) bond motifs is 1. The van der Waals surface area contributed by atoms with Crippen LogP contribution >= 0.6 is 11.8 Å². The summed E-state index contributed by atoms with van der Waals surface area (Å²) in [6.45, 7) is 2.69. The van der Waals surface area contributed by atoms with Crippen LogP contribution in [0.5, 0.6) is 0 Å². The summed E-state index contributed by atoms with van der Waals surface area (Å²) >= 11 is 1.20. The predicted octanol–water partition coefficient (Wildman–Crippen LogP) is 3.71. The third-order valence-electron chi connectivity index (χ3n) is 7.86.